The van der Waals surface area contributed by atoms with E-state index in [0.717, 1.165) is 25.7 Å². The summed E-state index contributed by atoms with van der Waals surface area (Å²) in [6.45, 7) is 6.74. The third-order valence-corrected chi connectivity index (χ3v) is 5.78. The predicted molar refractivity (Wildman–Crippen MR) is 82.8 cm³/mol. The van der Waals surface area contributed by atoms with Crippen LogP contribution in [0.4, 0.5) is 4.79 Å². The molecule has 1 aliphatic carbocycles. The zero-order valence-corrected chi connectivity index (χ0v) is 13.6. The summed E-state index contributed by atoms with van der Waals surface area (Å²) in [4.78, 5) is 26.6. The van der Waals surface area contributed by atoms with E-state index in [1.807, 2.05) is 0 Å². The standard InChI is InChI=1S/C15H26N2O2S/c1-4-12(9-20)8-17-13(18)15(16-14(17)19)10(2)6-5-7-11(15)3/h10-12,20H,4-9H2,1-3H3,(H,16,19). The van der Waals surface area contributed by atoms with Gasteiger partial charge in [0.1, 0.15) is 5.54 Å². The summed E-state index contributed by atoms with van der Waals surface area (Å²) in [6.07, 6.45) is 4.09. The van der Waals surface area contributed by atoms with Crippen LogP contribution in [-0.4, -0.2) is 34.7 Å². The molecule has 0 aromatic carbocycles. The second-order valence-corrected chi connectivity index (χ2v) is 6.77. The van der Waals surface area contributed by atoms with E-state index in [1.165, 1.54) is 4.90 Å². The van der Waals surface area contributed by atoms with Crippen LogP contribution in [0.15, 0.2) is 0 Å². The third kappa shape index (κ3) is 2.34. The first-order valence-electron chi connectivity index (χ1n) is 7.72. The molecule has 3 amide bonds. The Hall–Kier alpha value is -0.710. The molecule has 0 aromatic heterocycles. The molecule has 0 radical (unpaired) electrons. The molecule has 2 aliphatic rings. The predicted octanol–water partition coefficient (Wildman–Crippen LogP) is 2.69. The Morgan fingerprint density at radius 2 is 1.95 bits per heavy atom. The fourth-order valence-electron chi connectivity index (χ4n) is 3.69. The van der Waals surface area contributed by atoms with Gasteiger partial charge >= 0.3 is 6.03 Å². The maximum absolute atomic E-state index is 12.9. The maximum atomic E-state index is 12.9. The van der Waals surface area contributed by atoms with Crippen LogP contribution in [0.1, 0.15) is 46.5 Å². The highest BCUT2D eigenvalue weighted by molar-refractivity contribution is 7.80. The second kappa shape index (κ2) is 5.96. The summed E-state index contributed by atoms with van der Waals surface area (Å²) in [5.74, 6) is 1.39. The summed E-state index contributed by atoms with van der Waals surface area (Å²) in [5, 5.41) is 3.03. The maximum Gasteiger partial charge on any atom is 0.325 e. The van der Waals surface area contributed by atoms with Gasteiger partial charge in [0.2, 0.25) is 0 Å². The van der Waals surface area contributed by atoms with E-state index in [4.69, 9.17) is 0 Å². The van der Waals surface area contributed by atoms with Crippen molar-refractivity contribution < 1.29 is 9.59 Å². The van der Waals surface area contributed by atoms with Gasteiger partial charge in [-0.1, -0.05) is 33.6 Å². The smallest absolute Gasteiger partial charge is 0.323 e. The zero-order valence-electron chi connectivity index (χ0n) is 12.7. The van der Waals surface area contributed by atoms with Crippen LogP contribution in [-0.2, 0) is 4.79 Å². The van der Waals surface area contributed by atoms with Crippen molar-refractivity contribution in [2.24, 2.45) is 17.8 Å². The van der Waals surface area contributed by atoms with Gasteiger partial charge in [0.05, 0.1) is 0 Å². The number of rotatable bonds is 4. The molecule has 3 atom stereocenters. The third-order valence-electron chi connectivity index (χ3n) is 5.26. The van der Waals surface area contributed by atoms with Crippen molar-refractivity contribution in [2.75, 3.05) is 12.3 Å². The monoisotopic (exact) mass is 298 g/mol. The van der Waals surface area contributed by atoms with E-state index in [0.29, 0.717) is 12.3 Å². The highest BCUT2D eigenvalue weighted by Gasteiger charge is 2.58. The highest BCUT2D eigenvalue weighted by atomic mass is 32.1. The molecular weight excluding hydrogens is 272 g/mol. The highest BCUT2D eigenvalue weighted by Crippen LogP contribution is 2.42. The minimum Gasteiger partial charge on any atom is -0.323 e. The summed E-state index contributed by atoms with van der Waals surface area (Å²) in [5.41, 5.74) is -0.662. The topological polar surface area (TPSA) is 49.4 Å². The van der Waals surface area contributed by atoms with Crippen LogP contribution < -0.4 is 5.32 Å². The Bertz CT molecular complexity index is 385. The van der Waals surface area contributed by atoms with Gasteiger partial charge in [0.15, 0.2) is 0 Å². The van der Waals surface area contributed by atoms with E-state index in [9.17, 15) is 9.59 Å². The van der Waals surface area contributed by atoms with E-state index in [2.05, 4.69) is 38.7 Å². The number of urea groups is 1. The molecule has 0 aromatic rings. The molecule has 0 bridgehead atoms. The van der Waals surface area contributed by atoms with Gasteiger partial charge < -0.3 is 5.32 Å². The van der Waals surface area contributed by atoms with E-state index in [1.54, 1.807) is 0 Å². The molecule has 2 fully saturated rings. The molecule has 1 spiro atoms. The number of thiol groups is 1. The zero-order chi connectivity index (χ0) is 14.9. The summed E-state index contributed by atoms with van der Waals surface area (Å²) in [7, 11) is 0. The van der Waals surface area contributed by atoms with E-state index < -0.39 is 5.54 Å². The SMILES string of the molecule is CCC(CS)CN1C(=O)NC2(C1=O)C(C)CCCC2C. The van der Waals surface area contributed by atoms with Crippen LogP contribution in [0.2, 0.25) is 0 Å². The van der Waals surface area contributed by atoms with Crippen LogP contribution in [0, 0.1) is 17.8 Å². The van der Waals surface area contributed by atoms with Gasteiger partial charge in [0, 0.05) is 6.54 Å². The lowest BCUT2D eigenvalue weighted by Gasteiger charge is -2.42. The molecular formula is C15H26N2O2S. The summed E-state index contributed by atoms with van der Waals surface area (Å²) < 4.78 is 0. The van der Waals surface area contributed by atoms with Crippen LogP contribution in [0.25, 0.3) is 0 Å². The molecule has 1 heterocycles. The number of imide groups is 1. The Morgan fingerprint density at radius 1 is 1.35 bits per heavy atom. The van der Waals surface area contributed by atoms with Gasteiger partial charge in [-0.15, -0.1) is 0 Å². The number of hydrogen-bond donors (Lipinski definition) is 2. The van der Waals surface area contributed by atoms with Gasteiger partial charge in [-0.05, 0) is 36.3 Å². The second-order valence-electron chi connectivity index (χ2n) is 6.40. The quantitative estimate of drug-likeness (QED) is 0.619. The van der Waals surface area contributed by atoms with Crippen molar-refractivity contribution in [1.82, 2.24) is 10.2 Å². The normalized spacial score (nSPS) is 35.5. The van der Waals surface area contributed by atoms with Crippen molar-refractivity contribution in [3.05, 3.63) is 0 Å². The molecule has 20 heavy (non-hydrogen) atoms. The average molecular weight is 298 g/mol. The molecule has 1 saturated heterocycles. The van der Waals surface area contributed by atoms with E-state index in [-0.39, 0.29) is 29.7 Å². The van der Waals surface area contributed by atoms with Gasteiger partial charge in [-0.25, -0.2) is 4.79 Å². The molecule has 2 rings (SSSR count). The Balaban J connectivity index is 2.23. The largest absolute Gasteiger partial charge is 0.325 e. The van der Waals surface area contributed by atoms with Crippen molar-refractivity contribution in [3.8, 4) is 0 Å². The number of carbonyl (C=O) groups is 2. The number of amides is 3. The lowest BCUT2D eigenvalue weighted by molar-refractivity contribution is -0.136. The number of carbonyl (C=O) groups excluding carboxylic acids is 2. The fraction of sp³-hybridized carbons (Fsp3) is 0.867. The molecule has 1 aliphatic heterocycles. The van der Waals surface area contributed by atoms with E-state index >= 15 is 0 Å². The van der Waals surface area contributed by atoms with Crippen molar-refractivity contribution in [2.45, 2.75) is 52.0 Å². The lowest BCUT2D eigenvalue weighted by atomic mass is 9.67. The Kier molecular flexibility index (Phi) is 4.67. The average Bonchev–Trinajstić information content (AvgIpc) is 2.67. The van der Waals surface area contributed by atoms with Crippen LogP contribution >= 0.6 is 12.6 Å². The van der Waals surface area contributed by atoms with Gasteiger partial charge in [-0.2, -0.15) is 12.6 Å². The molecule has 5 heteroatoms. The Morgan fingerprint density at radius 3 is 2.45 bits per heavy atom. The first-order valence-corrected chi connectivity index (χ1v) is 8.35. The molecule has 4 nitrogen and oxygen atoms in total. The van der Waals surface area contributed by atoms with Crippen LogP contribution in [0.3, 0.4) is 0 Å². The summed E-state index contributed by atoms with van der Waals surface area (Å²) in [6, 6.07) is -0.212. The number of nitrogens with zero attached hydrogens (tertiary/aromatic N) is 1. The summed E-state index contributed by atoms with van der Waals surface area (Å²) >= 11 is 4.31. The van der Waals surface area contributed by atoms with Crippen molar-refractivity contribution in [1.29, 1.82) is 0 Å². The van der Waals surface area contributed by atoms with Gasteiger partial charge in [0.25, 0.3) is 5.91 Å². The van der Waals surface area contributed by atoms with Crippen molar-refractivity contribution in [3.63, 3.8) is 0 Å². The first kappa shape index (κ1) is 15.7. The first-order chi connectivity index (χ1) is 9.47. The molecule has 1 N–H and O–H groups in total. The fourth-order valence-corrected chi connectivity index (χ4v) is 4.07. The Labute approximate surface area is 127 Å². The minimum atomic E-state index is -0.662. The number of nitrogens with one attached hydrogen (secondary N) is 1. The minimum absolute atomic E-state index is 0.0116. The molecule has 3 unspecified atom stereocenters. The molecule has 1 saturated carbocycles. The van der Waals surface area contributed by atoms with Crippen molar-refractivity contribution >= 4 is 24.6 Å². The number of hydrogen-bond acceptors (Lipinski definition) is 3. The lowest BCUT2D eigenvalue weighted by Crippen LogP contribution is -2.59. The molecule has 114 valence electrons. The van der Waals surface area contributed by atoms with Gasteiger partial charge in [-0.3, -0.25) is 9.69 Å². The van der Waals surface area contributed by atoms with Crippen LogP contribution in [0.5, 0.6) is 0 Å².